The molecule has 30 heavy (non-hydrogen) atoms. The lowest BCUT2D eigenvalue weighted by molar-refractivity contribution is -0.274. The van der Waals surface area contributed by atoms with Crippen LogP contribution in [0.25, 0.3) is 0 Å². The van der Waals surface area contributed by atoms with Gasteiger partial charge in [0.1, 0.15) is 11.5 Å². The van der Waals surface area contributed by atoms with Crippen LogP contribution in [0.2, 0.25) is 0 Å². The second kappa shape index (κ2) is 8.64. The summed E-state index contributed by atoms with van der Waals surface area (Å²) in [5.74, 6) is -0.708. The van der Waals surface area contributed by atoms with Crippen molar-refractivity contribution in [2.75, 3.05) is 18.6 Å². The van der Waals surface area contributed by atoms with Crippen LogP contribution in [0.4, 0.5) is 18.9 Å². The van der Waals surface area contributed by atoms with Crippen LogP contribution in [0.1, 0.15) is 24.9 Å². The van der Waals surface area contributed by atoms with Gasteiger partial charge in [-0.15, -0.1) is 13.2 Å². The van der Waals surface area contributed by atoms with E-state index in [0.717, 1.165) is 0 Å². The van der Waals surface area contributed by atoms with Crippen molar-refractivity contribution in [3.63, 3.8) is 0 Å². The second-order valence-electron chi connectivity index (χ2n) is 6.95. The van der Waals surface area contributed by atoms with Crippen molar-refractivity contribution in [1.82, 2.24) is 5.32 Å². The normalized spacial score (nSPS) is 17.6. The van der Waals surface area contributed by atoms with Crippen LogP contribution in [-0.2, 0) is 9.59 Å². The number of carbonyl (C=O) groups is 2. The van der Waals surface area contributed by atoms with E-state index in [1.54, 1.807) is 36.1 Å². The molecular weight excluding hydrogens is 401 g/mol. The van der Waals surface area contributed by atoms with Crippen LogP contribution in [0.15, 0.2) is 48.5 Å². The maximum absolute atomic E-state index is 12.6. The van der Waals surface area contributed by atoms with Crippen molar-refractivity contribution >= 4 is 17.5 Å². The van der Waals surface area contributed by atoms with E-state index in [1.807, 2.05) is 0 Å². The fraction of sp³-hybridized carbons (Fsp3) is 0.333. The molecule has 0 bridgehead atoms. The maximum atomic E-state index is 12.6. The predicted octanol–water partition coefficient (Wildman–Crippen LogP) is 3.82. The number of alkyl halides is 3. The van der Waals surface area contributed by atoms with Gasteiger partial charge in [0.25, 0.3) is 0 Å². The van der Waals surface area contributed by atoms with Gasteiger partial charge in [-0.2, -0.15) is 0 Å². The van der Waals surface area contributed by atoms with Crippen molar-refractivity contribution in [1.29, 1.82) is 0 Å². The second-order valence-corrected chi connectivity index (χ2v) is 6.95. The van der Waals surface area contributed by atoms with Crippen molar-refractivity contribution in [2.24, 2.45) is 5.92 Å². The minimum absolute atomic E-state index is 0.0775. The van der Waals surface area contributed by atoms with Gasteiger partial charge in [-0.3, -0.25) is 9.59 Å². The number of benzene rings is 2. The van der Waals surface area contributed by atoms with E-state index in [0.29, 0.717) is 17.0 Å². The van der Waals surface area contributed by atoms with E-state index >= 15 is 0 Å². The zero-order valence-electron chi connectivity index (χ0n) is 16.4. The summed E-state index contributed by atoms with van der Waals surface area (Å²) in [5, 5.41) is 2.82. The van der Waals surface area contributed by atoms with Crippen molar-refractivity contribution in [3.8, 4) is 11.5 Å². The van der Waals surface area contributed by atoms with E-state index in [4.69, 9.17) is 4.74 Å². The molecule has 2 aromatic rings. The third-order valence-corrected chi connectivity index (χ3v) is 4.83. The zero-order chi connectivity index (χ0) is 21.9. The minimum Gasteiger partial charge on any atom is -0.497 e. The van der Waals surface area contributed by atoms with E-state index in [-0.39, 0.29) is 30.5 Å². The Bertz CT molecular complexity index is 915. The number of methoxy groups -OCH3 is 1. The lowest BCUT2D eigenvalue weighted by Gasteiger charge is -2.19. The molecule has 160 valence electrons. The van der Waals surface area contributed by atoms with Crippen LogP contribution in [0.3, 0.4) is 0 Å². The number of hydrogen-bond donors (Lipinski definition) is 1. The first-order valence-corrected chi connectivity index (χ1v) is 9.27. The maximum Gasteiger partial charge on any atom is 0.573 e. The molecule has 0 aliphatic carbocycles. The van der Waals surface area contributed by atoms with Gasteiger partial charge < -0.3 is 19.7 Å². The van der Waals surface area contributed by atoms with Gasteiger partial charge in [0, 0.05) is 24.7 Å². The monoisotopic (exact) mass is 422 g/mol. The number of nitrogens with one attached hydrogen (secondary N) is 1. The summed E-state index contributed by atoms with van der Waals surface area (Å²) < 4.78 is 45.8. The summed E-state index contributed by atoms with van der Waals surface area (Å²) in [4.78, 5) is 26.6. The number of rotatable bonds is 6. The molecule has 1 fully saturated rings. The third kappa shape index (κ3) is 5.22. The van der Waals surface area contributed by atoms with Gasteiger partial charge in [0.05, 0.1) is 19.1 Å². The number of hydrogen-bond acceptors (Lipinski definition) is 4. The van der Waals surface area contributed by atoms with E-state index in [9.17, 15) is 22.8 Å². The number of amides is 2. The number of nitrogens with zero attached hydrogens (tertiary/aromatic N) is 1. The van der Waals surface area contributed by atoms with Crippen LogP contribution in [0, 0.1) is 5.92 Å². The molecule has 9 heteroatoms. The molecule has 2 amide bonds. The smallest absolute Gasteiger partial charge is 0.497 e. The molecule has 3 rings (SSSR count). The Kier molecular flexibility index (Phi) is 6.19. The van der Waals surface area contributed by atoms with Crippen LogP contribution in [0.5, 0.6) is 11.5 Å². The quantitative estimate of drug-likeness (QED) is 0.769. The first-order chi connectivity index (χ1) is 14.2. The molecule has 1 N–H and O–H groups in total. The van der Waals surface area contributed by atoms with Gasteiger partial charge in [-0.25, -0.2) is 0 Å². The lowest BCUT2D eigenvalue weighted by atomic mass is 10.0. The number of ether oxygens (including phenoxy) is 2. The average molecular weight is 422 g/mol. The molecule has 6 nitrogen and oxygen atoms in total. The molecule has 1 heterocycles. The topological polar surface area (TPSA) is 67.9 Å². The first kappa shape index (κ1) is 21.5. The third-order valence-electron chi connectivity index (χ3n) is 4.83. The van der Waals surface area contributed by atoms with Gasteiger partial charge in [-0.1, -0.05) is 18.2 Å². The van der Waals surface area contributed by atoms with Crippen molar-refractivity contribution in [3.05, 3.63) is 54.1 Å². The molecule has 1 aliphatic rings. The van der Waals surface area contributed by atoms with Crippen molar-refractivity contribution < 1.29 is 32.2 Å². The van der Waals surface area contributed by atoms with Gasteiger partial charge in [0.15, 0.2) is 0 Å². The Hall–Kier alpha value is -3.23. The minimum atomic E-state index is -4.76. The van der Waals surface area contributed by atoms with Crippen LogP contribution < -0.4 is 19.7 Å². The molecule has 2 unspecified atom stereocenters. The summed E-state index contributed by atoms with van der Waals surface area (Å²) in [6.45, 7) is 1.96. The fourth-order valence-electron chi connectivity index (χ4n) is 3.28. The summed E-state index contributed by atoms with van der Waals surface area (Å²) in [6, 6.07) is 11.9. The largest absolute Gasteiger partial charge is 0.573 e. The number of carbonyl (C=O) groups excluding carboxylic acids is 2. The lowest BCUT2D eigenvalue weighted by Crippen LogP contribution is -2.34. The Morgan fingerprint density at radius 1 is 1.17 bits per heavy atom. The van der Waals surface area contributed by atoms with E-state index < -0.39 is 18.3 Å². The summed E-state index contributed by atoms with van der Waals surface area (Å²) in [6.07, 6.45) is -4.68. The van der Waals surface area contributed by atoms with Gasteiger partial charge >= 0.3 is 6.36 Å². The van der Waals surface area contributed by atoms with Crippen LogP contribution >= 0.6 is 0 Å². The molecule has 1 aliphatic heterocycles. The van der Waals surface area contributed by atoms with Crippen molar-refractivity contribution in [2.45, 2.75) is 25.7 Å². The molecular formula is C21H21F3N2O4. The highest BCUT2D eigenvalue weighted by molar-refractivity contribution is 6.00. The Morgan fingerprint density at radius 3 is 2.50 bits per heavy atom. The highest BCUT2D eigenvalue weighted by Crippen LogP contribution is 2.29. The Morgan fingerprint density at radius 2 is 1.87 bits per heavy atom. The molecule has 2 aromatic carbocycles. The summed E-state index contributed by atoms with van der Waals surface area (Å²) in [5.41, 5.74) is 1.27. The highest BCUT2D eigenvalue weighted by Gasteiger charge is 2.36. The van der Waals surface area contributed by atoms with Crippen LogP contribution in [-0.4, -0.2) is 31.8 Å². The molecule has 0 aromatic heterocycles. The summed E-state index contributed by atoms with van der Waals surface area (Å²) in [7, 11) is 1.53. The molecule has 0 radical (unpaired) electrons. The Labute approximate surface area is 171 Å². The molecule has 2 atom stereocenters. The Balaban J connectivity index is 1.61. The van der Waals surface area contributed by atoms with Gasteiger partial charge in [-0.05, 0) is 36.8 Å². The SMILES string of the molecule is COc1cccc(N2CC(C(=O)NC(C)c3ccc(OC(F)(F)F)cc3)CC2=O)c1. The highest BCUT2D eigenvalue weighted by atomic mass is 19.4. The number of halogens is 3. The zero-order valence-corrected chi connectivity index (χ0v) is 16.4. The van der Waals surface area contributed by atoms with Gasteiger partial charge in [0.2, 0.25) is 11.8 Å². The first-order valence-electron chi connectivity index (χ1n) is 9.27. The molecule has 0 spiro atoms. The fourth-order valence-corrected chi connectivity index (χ4v) is 3.28. The number of anilines is 1. The standard InChI is InChI=1S/C21H21F3N2O4/c1-13(14-6-8-17(9-7-14)30-21(22,23)24)25-20(28)15-10-19(27)26(12-15)16-4-3-5-18(11-16)29-2/h3-9,11,13,15H,10,12H2,1-2H3,(H,25,28). The average Bonchev–Trinajstić information content (AvgIpc) is 3.09. The van der Waals surface area contributed by atoms with E-state index in [2.05, 4.69) is 10.1 Å². The van der Waals surface area contributed by atoms with E-state index in [1.165, 1.54) is 31.4 Å². The predicted molar refractivity (Wildman–Crippen MR) is 103 cm³/mol. The molecule has 0 saturated carbocycles. The summed E-state index contributed by atoms with van der Waals surface area (Å²) >= 11 is 0. The molecule has 1 saturated heterocycles.